The standard InChI is InChI=1S/C7H8BrN/c1-9-7-4-2-6(8)3-5-7/h2,4-6H,1,3H2. The van der Waals surface area contributed by atoms with Gasteiger partial charge in [-0.25, -0.2) is 0 Å². The van der Waals surface area contributed by atoms with Gasteiger partial charge in [-0.1, -0.05) is 28.1 Å². The minimum absolute atomic E-state index is 0.489. The summed E-state index contributed by atoms with van der Waals surface area (Å²) >= 11 is 3.45. The van der Waals surface area contributed by atoms with Crippen LogP contribution in [-0.4, -0.2) is 11.5 Å². The molecule has 0 radical (unpaired) electrons. The van der Waals surface area contributed by atoms with Crippen molar-refractivity contribution < 1.29 is 0 Å². The Kier molecular flexibility index (Phi) is 2.22. The van der Waals surface area contributed by atoms with Gasteiger partial charge in [0.05, 0.1) is 5.70 Å². The highest BCUT2D eigenvalue weighted by Gasteiger charge is 2.01. The van der Waals surface area contributed by atoms with Crippen molar-refractivity contribution in [2.45, 2.75) is 11.2 Å². The molecule has 0 fully saturated rings. The van der Waals surface area contributed by atoms with Crippen LogP contribution in [0.2, 0.25) is 0 Å². The number of rotatable bonds is 1. The van der Waals surface area contributed by atoms with Crippen LogP contribution in [0.5, 0.6) is 0 Å². The van der Waals surface area contributed by atoms with E-state index in [4.69, 9.17) is 0 Å². The van der Waals surface area contributed by atoms with Gasteiger partial charge in [0, 0.05) is 4.83 Å². The van der Waals surface area contributed by atoms with Crippen LogP contribution in [0, 0.1) is 0 Å². The van der Waals surface area contributed by atoms with E-state index in [-0.39, 0.29) is 0 Å². The van der Waals surface area contributed by atoms with Gasteiger partial charge < -0.3 is 0 Å². The molecule has 1 unspecified atom stereocenters. The fourth-order valence-corrected chi connectivity index (χ4v) is 1.04. The van der Waals surface area contributed by atoms with Gasteiger partial charge >= 0.3 is 0 Å². The number of alkyl halides is 1. The molecule has 1 aliphatic rings. The first kappa shape index (κ1) is 6.75. The highest BCUT2D eigenvalue weighted by molar-refractivity contribution is 9.09. The normalized spacial score (nSPS) is 25.4. The Bertz CT molecular complexity index is 170. The predicted molar refractivity (Wildman–Crippen MR) is 44.1 cm³/mol. The van der Waals surface area contributed by atoms with Gasteiger partial charge in [0.15, 0.2) is 0 Å². The van der Waals surface area contributed by atoms with Gasteiger partial charge in [-0.15, -0.1) is 0 Å². The lowest BCUT2D eigenvalue weighted by molar-refractivity contribution is 1.05. The lowest BCUT2D eigenvalue weighted by Gasteiger charge is -2.05. The monoisotopic (exact) mass is 185 g/mol. The molecule has 0 bridgehead atoms. The fraction of sp³-hybridized carbons (Fsp3) is 0.286. The Balaban J connectivity index is 2.62. The van der Waals surface area contributed by atoms with E-state index in [1.807, 2.05) is 6.08 Å². The minimum Gasteiger partial charge on any atom is -0.265 e. The van der Waals surface area contributed by atoms with Crippen molar-refractivity contribution in [1.29, 1.82) is 0 Å². The second kappa shape index (κ2) is 2.97. The zero-order valence-electron chi connectivity index (χ0n) is 5.05. The Morgan fingerprint density at radius 2 is 2.56 bits per heavy atom. The van der Waals surface area contributed by atoms with Crippen molar-refractivity contribution in [3.8, 4) is 0 Å². The SMILES string of the molecule is C=NC1=CCC(Br)C=C1. The largest absolute Gasteiger partial charge is 0.265 e. The molecule has 1 aliphatic carbocycles. The minimum atomic E-state index is 0.489. The van der Waals surface area contributed by atoms with Crippen LogP contribution in [0.15, 0.2) is 28.9 Å². The molecule has 0 aromatic heterocycles. The summed E-state index contributed by atoms with van der Waals surface area (Å²) in [6.45, 7) is 3.42. The highest BCUT2D eigenvalue weighted by Crippen LogP contribution is 2.16. The molecular weight excluding hydrogens is 178 g/mol. The highest BCUT2D eigenvalue weighted by atomic mass is 79.9. The molecule has 0 heterocycles. The molecule has 0 aliphatic heterocycles. The summed E-state index contributed by atoms with van der Waals surface area (Å²) in [5.41, 5.74) is 0.978. The summed E-state index contributed by atoms with van der Waals surface area (Å²) in [4.78, 5) is 4.27. The van der Waals surface area contributed by atoms with Crippen LogP contribution in [-0.2, 0) is 0 Å². The third kappa shape index (κ3) is 1.79. The molecule has 0 amide bonds. The van der Waals surface area contributed by atoms with E-state index in [9.17, 15) is 0 Å². The fourth-order valence-electron chi connectivity index (χ4n) is 0.700. The Morgan fingerprint density at radius 3 is 3.00 bits per heavy atom. The average molecular weight is 186 g/mol. The summed E-state index contributed by atoms with van der Waals surface area (Å²) in [5, 5.41) is 0. The quantitative estimate of drug-likeness (QED) is 0.440. The van der Waals surface area contributed by atoms with E-state index in [0.29, 0.717) is 4.83 Å². The molecule has 2 heteroatoms. The maximum atomic E-state index is 3.79. The van der Waals surface area contributed by atoms with Gasteiger partial charge in [0.25, 0.3) is 0 Å². The van der Waals surface area contributed by atoms with E-state index >= 15 is 0 Å². The average Bonchev–Trinajstić information content (AvgIpc) is 1.90. The molecular formula is C7H8BrN. The van der Waals surface area contributed by atoms with E-state index < -0.39 is 0 Å². The molecule has 9 heavy (non-hydrogen) atoms. The third-order valence-corrected chi connectivity index (χ3v) is 1.89. The maximum Gasteiger partial charge on any atom is 0.0580 e. The van der Waals surface area contributed by atoms with Crippen molar-refractivity contribution in [1.82, 2.24) is 0 Å². The first-order chi connectivity index (χ1) is 4.33. The van der Waals surface area contributed by atoms with Crippen molar-refractivity contribution in [3.63, 3.8) is 0 Å². The molecule has 0 saturated carbocycles. The molecule has 0 aromatic rings. The van der Waals surface area contributed by atoms with Crippen molar-refractivity contribution in [3.05, 3.63) is 23.9 Å². The van der Waals surface area contributed by atoms with Crippen molar-refractivity contribution in [2.24, 2.45) is 4.99 Å². The van der Waals surface area contributed by atoms with Crippen LogP contribution >= 0.6 is 15.9 Å². The molecule has 0 saturated heterocycles. The van der Waals surface area contributed by atoms with Gasteiger partial charge in [0.1, 0.15) is 0 Å². The number of hydrogen-bond donors (Lipinski definition) is 0. The van der Waals surface area contributed by atoms with Crippen molar-refractivity contribution in [2.75, 3.05) is 0 Å². The van der Waals surface area contributed by atoms with E-state index in [1.54, 1.807) is 0 Å². The van der Waals surface area contributed by atoms with E-state index in [0.717, 1.165) is 12.1 Å². The second-order valence-electron chi connectivity index (χ2n) is 1.90. The molecule has 0 N–H and O–H groups in total. The molecule has 48 valence electrons. The summed E-state index contributed by atoms with van der Waals surface area (Å²) < 4.78 is 0. The molecule has 1 atom stereocenters. The topological polar surface area (TPSA) is 12.4 Å². The maximum absolute atomic E-state index is 3.79. The number of nitrogens with zero attached hydrogens (tertiary/aromatic N) is 1. The van der Waals surface area contributed by atoms with Gasteiger partial charge in [0.2, 0.25) is 0 Å². The lowest BCUT2D eigenvalue weighted by Crippen LogP contribution is -1.94. The summed E-state index contributed by atoms with van der Waals surface area (Å²) in [6, 6.07) is 0. The summed E-state index contributed by atoms with van der Waals surface area (Å²) in [5.74, 6) is 0. The number of hydrogen-bond acceptors (Lipinski definition) is 1. The van der Waals surface area contributed by atoms with Crippen molar-refractivity contribution >= 4 is 22.6 Å². The van der Waals surface area contributed by atoms with Crippen LogP contribution < -0.4 is 0 Å². The molecule has 1 nitrogen and oxygen atoms in total. The van der Waals surface area contributed by atoms with Gasteiger partial charge in [-0.05, 0) is 19.2 Å². The van der Waals surface area contributed by atoms with Gasteiger partial charge in [-0.2, -0.15) is 0 Å². The van der Waals surface area contributed by atoms with E-state index in [2.05, 4.69) is 39.8 Å². The predicted octanol–water partition coefficient (Wildman–Crippen LogP) is 2.29. The first-order valence-corrected chi connectivity index (χ1v) is 3.73. The van der Waals surface area contributed by atoms with Crippen LogP contribution in [0.4, 0.5) is 0 Å². The summed E-state index contributed by atoms with van der Waals surface area (Å²) in [7, 11) is 0. The number of halogens is 1. The Labute approximate surface area is 63.3 Å². The Morgan fingerprint density at radius 1 is 1.78 bits per heavy atom. The lowest BCUT2D eigenvalue weighted by atomic mass is 10.1. The zero-order chi connectivity index (χ0) is 6.69. The van der Waals surface area contributed by atoms with E-state index in [1.165, 1.54) is 0 Å². The van der Waals surface area contributed by atoms with Crippen LogP contribution in [0.3, 0.4) is 0 Å². The molecule has 1 rings (SSSR count). The van der Waals surface area contributed by atoms with Gasteiger partial charge in [-0.3, -0.25) is 4.99 Å². The second-order valence-corrected chi connectivity index (χ2v) is 3.07. The number of aliphatic imine (C=N–C) groups is 1. The number of allylic oxidation sites excluding steroid dienone is 3. The molecule has 0 aromatic carbocycles. The molecule has 0 spiro atoms. The first-order valence-electron chi connectivity index (χ1n) is 2.82. The third-order valence-electron chi connectivity index (χ3n) is 1.21. The van der Waals surface area contributed by atoms with Crippen LogP contribution in [0.1, 0.15) is 6.42 Å². The van der Waals surface area contributed by atoms with Crippen LogP contribution in [0.25, 0.3) is 0 Å². The smallest absolute Gasteiger partial charge is 0.0580 e. The Hall–Kier alpha value is -0.370. The summed E-state index contributed by atoms with van der Waals surface area (Å²) in [6.07, 6.45) is 7.12. The zero-order valence-corrected chi connectivity index (χ0v) is 6.63.